The van der Waals surface area contributed by atoms with Gasteiger partial charge in [-0.05, 0) is 37.3 Å². The zero-order chi connectivity index (χ0) is 18.1. The van der Waals surface area contributed by atoms with E-state index in [1.165, 1.54) is 5.56 Å². The molecule has 1 aliphatic rings. The van der Waals surface area contributed by atoms with Crippen molar-refractivity contribution >= 4 is 17.3 Å². The van der Waals surface area contributed by atoms with Crippen molar-refractivity contribution in [2.75, 3.05) is 12.3 Å². The SMILES string of the molecule is Cc1ccc(CN2CCc3nc(-c4ccc(N)cc4)ncc3C2)c(Cl)n1. The van der Waals surface area contributed by atoms with E-state index in [1.807, 2.05) is 43.5 Å². The summed E-state index contributed by atoms with van der Waals surface area (Å²) in [4.78, 5) is 16.0. The average Bonchev–Trinajstić information content (AvgIpc) is 2.64. The van der Waals surface area contributed by atoms with Crippen LogP contribution in [0.5, 0.6) is 0 Å². The third-order valence-electron chi connectivity index (χ3n) is 4.64. The van der Waals surface area contributed by atoms with Crippen LogP contribution >= 0.6 is 11.6 Å². The summed E-state index contributed by atoms with van der Waals surface area (Å²) in [6.07, 6.45) is 2.84. The molecule has 5 nitrogen and oxygen atoms in total. The van der Waals surface area contributed by atoms with Crippen molar-refractivity contribution in [3.05, 3.63) is 70.3 Å². The quantitative estimate of drug-likeness (QED) is 0.567. The molecule has 0 bridgehead atoms. The lowest BCUT2D eigenvalue weighted by Crippen LogP contribution is -2.31. The van der Waals surface area contributed by atoms with Gasteiger partial charge in [0.2, 0.25) is 0 Å². The number of nitrogen functional groups attached to an aromatic ring is 1. The summed E-state index contributed by atoms with van der Waals surface area (Å²) >= 11 is 6.28. The fourth-order valence-corrected chi connectivity index (χ4v) is 3.45. The van der Waals surface area contributed by atoms with Crippen LogP contribution in [0.3, 0.4) is 0 Å². The highest BCUT2D eigenvalue weighted by Crippen LogP contribution is 2.24. The Labute approximate surface area is 157 Å². The Bertz CT molecular complexity index is 939. The van der Waals surface area contributed by atoms with Crippen molar-refractivity contribution in [1.29, 1.82) is 0 Å². The zero-order valence-electron chi connectivity index (χ0n) is 14.6. The molecule has 1 aliphatic heterocycles. The smallest absolute Gasteiger partial charge is 0.159 e. The Kier molecular flexibility index (Phi) is 4.57. The molecule has 4 rings (SSSR count). The highest BCUT2D eigenvalue weighted by atomic mass is 35.5. The molecule has 2 aromatic heterocycles. The van der Waals surface area contributed by atoms with E-state index in [2.05, 4.69) is 20.9 Å². The van der Waals surface area contributed by atoms with Crippen molar-refractivity contribution < 1.29 is 0 Å². The minimum absolute atomic E-state index is 0.589. The molecule has 0 atom stereocenters. The van der Waals surface area contributed by atoms with Gasteiger partial charge in [-0.3, -0.25) is 4.90 Å². The van der Waals surface area contributed by atoms with E-state index >= 15 is 0 Å². The van der Waals surface area contributed by atoms with Gasteiger partial charge in [0.05, 0.1) is 5.69 Å². The summed E-state index contributed by atoms with van der Waals surface area (Å²) in [6.45, 7) is 4.49. The first kappa shape index (κ1) is 16.9. The number of aromatic nitrogens is 3. The number of nitrogens with zero attached hydrogens (tertiary/aromatic N) is 4. The van der Waals surface area contributed by atoms with E-state index < -0.39 is 0 Å². The van der Waals surface area contributed by atoms with Gasteiger partial charge in [0.25, 0.3) is 0 Å². The Morgan fingerprint density at radius 2 is 1.92 bits per heavy atom. The summed E-state index contributed by atoms with van der Waals surface area (Å²) in [6, 6.07) is 11.7. The van der Waals surface area contributed by atoms with E-state index in [9.17, 15) is 0 Å². The third-order valence-corrected chi connectivity index (χ3v) is 4.97. The number of anilines is 1. The number of hydrogen-bond acceptors (Lipinski definition) is 5. The molecule has 6 heteroatoms. The van der Waals surface area contributed by atoms with Gasteiger partial charge >= 0.3 is 0 Å². The second-order valence-corrected chi connectivity index (χ2v) is 7.01. The second-order valence-electron chi connectivity index (χ2n) is 6.65. The molecular weight excluding hydrogens is 346 g/mol. The molecule has 26 heavy (non-hydrogen) atoms. The summed E-state index contributed by atoms with van der Waals surface area (Å²) in [5, 5.41) is 0.589. The highest BCUT2D eigenvalue weighted by Gasteiger charge is 2.20. The van der Waals surface area contributed by atoms with Gasteiger partial charge in [-0.15, -0.1) is 0 Å². The fourth-order valence-electron chi connectivity index (χ4n) is 3.19. The van der Waals surface area contributed by atoms with Gasteiger partial charge < -0.3 is 5.73 Å². The van der Waals surface area contributed by atoms with Crippen molar-refractivity contribution in [3.63, 3.8) is 0 Å². The maximum atomic E-state index is 6.28. The molecule has 0 saturated heterocycles. The topological polar surface area (TPSA) is 67.9 Å². The molecule has 0 spiro atoms. The molecule has 0 radical (unpaired) electrons. The lowest BCUT2D eigenvalue weighted by Gasteiger charge is -2.28. The normalized spacial score (nSPS) is 14.2. The van der Waals surface area contributed by atoms with Crippen LogP contribution in [0, 0.1) is 6.92 Å². The molecule has 3 aromatic rings. The van der Waals surface area contributed by atoms with Gasteiger partial charge in [-0.2, -0.15) is 0 Å². The minimum Gasteiger partial charge on any atom is -0.399 e. The maximum Gasteiger partial charge on any atom is 0.159 e. The number of rotatable bonds is 3. The van der Waals surface area contributed by atoms with E-state index in [0.717, 1.165) is 60.1 Å². The van der Waals surface area contributed by atoms with Gasteiger partial charge in [-0.25, -0.2) is 15.0 Å². The van der Waals surface area contributed by atoms with Crippen LogP contribution in [-0.4, -0.2) is 26.4 Å². The molecule has 3 heterocycles. The van der Waals surface area contributed by atoms with Crippen LogP contribution in [0.25, 0.3) is 11.4 Å². The number of pyridine rings is 1. The highest BCUT2D eigenvalue weighted by molar-refractivity contribution is 6.30. The zero-order valence-corrected chi connectivity index (χ0v) is 15.4. The number of nitrogens with two attached hydrogens (primary N) is 1. The standard InChI is InChI=1S/C20H20ClN5/c1-13-2-3-15(19(21)24-13)11-26-9-8-18-16(12-26)10-23-20(25-18)14-4-6-17(22)7-5-14/h2-7,10H,8-9,11-12,22H2,1H3. The van der Waals surface area contributed by atoms with Crippen molar-refractivity contribution in [1.82, 2.24) is 19.9 Å². The van der Waals surface area contributed by atoms with Crippen molar-refractivity contribution in [2.45, 2.75) is 26.4 Å². The lowest BCUT2D eigenvalue weighted by molar-refractivity contribution is 0.242. The summed E-state index contributed by atoms with van der Waals surface area (Å²) in [5.41, 5.74) is 11.8. The molecule has 132 valence electrons. The largest absolute Gasteiger partial charge is 0.399 e. The van der Waals surface area contributed by atoms with E-state index in [1.54, 1.807) is 0 Å². The van der Waals surface area contributed by atoms with Crippen LogP contribution in [0.15, 0.2) is 42.6 Å². The fraction of sp³-hybridized carbons (Fsp3) is 0.250. The first-order valence-electron chi connectivity index (χ1n) is 8.63. The van der Waals surface area contributed by atoms with Crippen LogP contribution in [0.4, 0.5) is 5.69 Å². The van der Waals surface area contributed by atoms with Gasteiger partial charge in [-0.1, -0.05) is 17.7 Å². The van der Waals surface area contributed by atoms with Crippen molar-refractivity contribution in [3.8, 4) is 11.4 Å². The monoisotopic (exact) mass is 365 g/mol. The molecule has 0 fully saturated rings. The summed E-state index contributed by atoms with van der Waals surface area (Å²) in [5.74, 6) is 0.753. The van der Waals surface area contributed by atoms with Gasteiger partial charge in [0.1, 0.15) is 5.15 Å². The second kappa shape index (κ2) is 7.02. The van der Waals surface area contributed by atoms with Crippen LogP contribution in [0.1, 0.15) is 22.5 Å². The first-order valence-corrected chi connectivity index (χ1v) is 9.01. The van der Waals surface area contributed by atoms with E-state index in [4.69, 9.17) is 22.3 Å². The van der Waals surface area contributed by atoms with Gasteiger partial charge in [0.15, 0.2) is 5.82 Å². The van der Waals surface area contributed by atoms with Crippen molar-refractivity contribution in [2.24, 2.45) is 0 Å². The number of aryl methyl sites for hydroxylation is 1. The molecule has 0 amide bonds. The predicted octanol–water partition coefficient (Wildman–Crippen LogP) is 3.64. The molecule has 0 unspecified atom stereocenters. The number of benzene rings is 1. The summed E-state index contributed by atoms with van der Waals surface area (Å²) in [7, 11) is 0. The van der Waals surface area contributed by atoms with E-state index in [0.29, 0.717) is 5.15 Å². The minimum atomic E-state index is 0.589. The Morgan fingerprint density at radius 3 is 2.69 bits per heavy atom. The average molecular weight is 366 g/mol. The van der Waals surface area contributed by atoms with Crippen LogP contribution < -0.4 is 5.73 Å². The van der Waals surface area contributed by atoms with E-state index in [-0.39, 0.29) is 0 Å². The Hall–Kier alpha value is -2.50. The first-order chi connectivity index (χ1) is 12.6. The Morgan fingerprint density at radius 1 is 1.12 bits per heavy atom. The third kappa shape index (κ3) is 3.54. The molecule has 0 aliphatic carbocycles. The number of fused-ring (bicyclic) bond motifs is 1. The van der Waals surface area contributed by atoms with Crippen LogP contribution in [0.2, 0.25) is 5.15 Å². The lowest BCUT2D eigenvalue weighted by atomic mass is 10.1. The summed E-state index contributed by atoms with van der Waals surface area (Å²) < 4.78 is 0. The number of hydrogen-bond donors (Lipinski definition) is 1. The molecule has 2 N–H and O–H groups in total. The molecule has 0 saturated carbocycles. The maximum absolute atomic E-state index is 6.28. The molecule has 1 aromatic carbocycles. The Balaban J connectivity index is 1.51. The van der Waals surface area contributed by atoms with Gasteiger partial charge in [0, 0.05) is 60.3 Å². The number of halogens is 1. The van der Waals surface area contributed by atoms with Crippen LogP contribution in [-0.2, 0) is 19.5 Å². The predicted molar refractivity (Wildman–Crippen MR) is 104 cm³/mol. The molecular formula is C20H20ClN5.